The summed E-state index contributed by atoms with van der Waals surface area (Å²) in [4.78, 5) is 4.72. The first-order valence-electron chi connectivity index (χ1n) is 8.18. The van der Waals surface area contributed by atoms with Gasteiger partial charge in [0, 0.05) is 35.8 Å². The summed E-state index contributed by atoms with van der Waals surface area (Å²) < 4.78 is 1.03. The number of hydrogen-bond donors (Lipinski definition) is 1. The molecule has 0 aliphatic carbocycles. The number of thiocarbonyl (C=S) groups is 1. The molecule has 0 aromatic heterocycles. The van der Waals surface area contributed by atoms with E-state index in [4.69, 9.17) is 12.2 Å². The molecule has 126 valence electrons. The van der Waals surface area contributed by atoms with E-state index in [1.165, 1.54) is 11.3 Å². The van der Waals surface area contributed by atoms with Crippen LogP contribution in [0.2, 0.25) is 0 Å². The van der Waals surface area contributed by atoms with Gasteiger partial charge in [0.05, 0.1) is 5.69 Å². The zero-order chi connectivity index (χ0) is 17.1. The molecular formula is C19H22BrN3S. The predicted octanol–water partition coefficient (Wildman–Crippen LogP) is 4.67. The number of rotatable bonds is 2. The Morgan fingerprint density at radius 1 is 1.17 bits per heavy atom. The van der Waals surface area contributed by atoms with Gasteiger partial charge in [-0.2, -0.15) is 0 Å². The number of halogens is 1. The van der Waals surface area contributed by atoms with E-state index in [-0.39, 0.29) is 0 Å². The molecule has 0 saturated carbocycles. The monoisotopic (exact) mass is 403 g/mol. The summed E-state index contributed by atoms with van der Waals surface area (Å²) in [6.45, 7) is 7.22. The van der Waals surface area contributed by atoms with E-state index in [0.29, 0.717) is 6.04 Å². The summed E-state index contributed by atoms with van der Waals surface area (Å²) in [5, 5.41) is 4.15. The summed E-state index contributed by atoms with van der Waals surface area (Å²) in [6.07, 6.45) is 0. The number of benzene rings is 2. The first kappa shape index (κ1) is 17.2. The topological polar surface area (TPSA) is 18.5 Å². The summed E-state index contributed by atoms with van der Waals surface area (Å²) in [6, 6.07) is 17.2. The molecule has 5 heteroatoms. The molecule has 3 nitrogen and oxygen atoms in total. The Hall–Kier alpha value is -1.59. The summed E-state index contributed by atoms with van der Waals surface area (Å²) in [7, 11) is 0. The molecular weight excluding hydrogens is 382 g/mol. The van der Waals surface area contributed by atoms with E-state index in [1.807, 2.05) is 24.3 Å². The van der Waals surface area contributed by atoms with Crippen molar-refractivity contribution in [3.63, 3.8) is 0 Å². The molecule has 1 unspecified atom stereocenters. The van der Waals surface area contributed by atoms with Crippen LogP contribution in [0.15, 0.2) is 53.0 Å². The van der Waals surface area contributed by atoms with E-state index < -0.39 is 0 Å². The van der Waals surface area contributed by atoms with E-state index in [1.54, 1.807) is 0 Å². The quantitative estimate of drug-likeness (QED) is 0.734. The maximum atomic E-state index is 5.62. The highest BCUT2D eigenvalue weighted by atomic mass is 79.9. The van der Waals surface area contributed by atoms with E-state index in [2.05, 4.69) is 69.2 Å². The second-order valence-corrected chi connectivity index (χ2v) is 7.48. The summed E-state index contributed by atoms with van der Waals surface area (Å²) in [5.41, 5.74) is 3.61. The average Bonchev–Trinajstić information content (AvgIpc) is 2.56. The lowest BCUT2D eigenvalue weighted by Gasteiger charge is -2.42. The Morgan fingerprint density at radius 3 is 2.67 bits per heavy atom. The lowest BCUT2D eigenvalue weighted by molar-refractivity contribution is 0.342. The molecule has 1 N–H and O–H groups in total. The first-order chi connectivity index (χ1) is 11.5. The van der Waals surface area contributed by atoms with Gasteiger partial charge in [0.25, 0.3) is 0 Å². The Kier molecular flexibility index (Phi) is 5.41. The molecule has 1 saturated heterocycles. The number of piperazine rings is 1. The van der Waals surface area contributed by atoms with Gasteiger partial charge in [-0.05, 0) is 71.8 Å². The lowest BCUT2D eigenvalue weighted by atomic mass is 10.1. The van der Waals surface area contributed by atoms with Gasteiger partial charge in [0.2, 0.25) is 0 Å². The van der Waals surface area contributed by atoms with Crippen LogP contribution in [0.1, 0.15) is 12.5 Å². The molecule has 2 aromatic rings. The zero-order valence-corrected chi connectivity index (χ0v) is 16.4. The van der Waals surface area contributed by atoms with Gasteiger partial charge in [-0.1, -0.05) is 24.3 Å². The molecule has 0 bridgehead atoms. The van der Waals surface area contributed by atoms with Crippen molar-refractivity contribution in [3.8, 4) is 0 Å². The van der Waals surface area contributed by atoms with Gasteiger partial charge in [0.1, 0.15) is 0 Å². The van der Waals surface area contributed by atoms with Crippen molar-refractivity contribution in [1.29, 1.82) is 0 Å². The minimum Gasteiger partial charge on any atom is -0.365 e. The minimum absolute atomic E-state index is 0.416. The summed E-state index contributed by atoms with van der Waals surface area (Å²) >= 11 is 9.18. The van der Waals surface area contributed by atoms with Crippen LogP contribution in [0.3, 0.4) is 0 Å². The van der Waals surface area contributed by atoms with Gasteiger partial charge < -0.3 is 15.1 Å². The van der Waals surface area contributed by atoms with Crippen LogP contribution < -0.4 is 10.2 Å². The Bertz CT molecular complexity index is 734. The van der Waals surface area contributed by atoms with Crippen molar-refractivity contribution < 1.29 is 0 Å². The second kappa shape index (κ2) is 7.53. The van der Waals surface area contributed by atoms with Crippen molar-refractivity contribution in [3.05, 3.63) is 58.6 Å². The largest absolute Gasteiger partial charge is 0.365 e. The van der Waals surface area contributed by atoms with Gasteiger partial charge in [-0.15, -0.1) is 0 Å². The number of aryl methyl sites for hydroxylation is 1. The van der Waals surface area contributed by atoms with E-state index in [9.17, 15) is 0 Å². The SMILES string of the molecule is Cc1cccc(N2CCN(C(=S)Nc3ccccc3Br)CC2C)c1. The number of anilines is 2. The van der Waals surface area contributed by atoms with Gasteiger partial charge in [0.15, 0.2) is 5.11 Å². The highest BCUT2D eigenvalue weighted by Crippen LogP contribution is 2.24. The Balaban J connectivity index is 1.65. The third-order valence-electron chi connectivity index (χ3n) is 4.36. The molecule has 1 atom stereocenters. The fourth-order valence-electron chi connectivity index (χ4n) is 3.09. The van der Waals surface area contributed by atoms with Gasteiger partial charge >= 0.3 is 0 Å². The highest BCUT2D eigenvalue weighted by molar-refractivity contribution is 9.10. The van der Waals surface area contributed by atoms with Crippen LogP contribution in [0.4, 0.5) is 11.4 Å². The Morgan fingerprint density at radius 2 is 1.96 bits per heavy atom. The van der Waals surface area contributed by atoms with Gasteiger partial charge in [-0.3, -0.25) is 0 Å². The highest BCUT2D eigenvalue weighted by Gasteiger charge is 2.25. The Labute approximate surface area is 157 Å². The van der Waals surface area contributed by atoms with Crippen LogP contribution in [0.25, 0.3) is 0 Å². The molecule has 0 amide bonds. The molecule has 0 spiro atoms. The third kappa shape index (κ3) is 3.90. The van der Waals surface area contributed by atoms with Crippen LogP contribution in [-0.2, 0) is 0 Å². The van der Waals surface area contributed by atoms with Crippen molar-refractivity contribution in [2.75, 3.05) is 29.9 Å². The normalized spacial score (nSPS) is 17.7. The molecule has 0 radical (unpaired) electrons. The maximum absolute atomic E-state index is 5.62. The molecule has 1 aliphatic rings. The predicted molar refractivity (Wildman–Crippen MR) is 110 cm³/mol. The molecule has 3 rings (SSSR count). The zero-order valence-electron chi connectivity index (χ0n) is 14.0. The number of hydrogen-bond acceptors (Lipinski definition) is 2. The fraction of sp³-hybridized carbons (Fsp3) is 0.316. The fourth-order valence-corrected chi connectivity index (χ4v) is 3.75. The lowest BCUT2D eigenvalue weighted by Crippen LogP contribution is -2.54. The van der Waals surface area contributed by atoms with Crippen molar-refractivity contribution >= 4 is 44.6 Å². The van der Waals surface area contributed by atoms with Crippen LogP contribution in [0.5, 0.6) is 0 Å². The molecule has 1 heterocycles. The van der Waals surface area contributed by atoms with Crippen molar-refractivity contribution in [1.82, 2.24) is 4.90 Å². The standard InChI is InChI=1S/C19H22BrN3S/c1-14-6-5-7-16(12-14)23-11-10-22(13-15(23)2)19(24)21-18-9-4-3-8-17(18)20/h3-9,12,15H,10-11,13H2,1-2H3,(H,21,24). The maximum Gasteiger partial charge on any atom is 0.173 e. The second-order valence-electron chi connectivity index (χ2n) is 6.24. The molecule has 1 fully saturated rings. The number of nitrogens with zero attached hydrogens (tertiary/aromatic N) is 2. The minimum atomic E-state index is 0.416. The van der Waals surface area contributed by atoms with E-state index in [0.717, 1.165) is 34.9 Å². The van der Waals surface area contributed by atoms with Crippen LogP contribution in [0, 0.1) is 6.92 Å². The van der Waals surface area contributed by atoms with Gasteiger partial charge in [-0.25, -0.2) is 0 Å². The third-order valence-corrected chi connectivity index (χ3v) is 5.42. The molecule has 1 aliphatic heterocycles. The first-order valence-corrected chi connectivity index (χ1v) is 9.38. The molecule has 2 aromatic carbocycles. The van der Waals surface area contributed by atoms with Crippen molar-refractivity contribution in [2.45, 2.75) is 19.9 Å². The average molecular weight is 404 g/mol. The van der Waals surface area contributed by atoms with Crippen LogP contribution in [-0.4, -0.2) is 35.7 Å². The molecule has 24 heavy (non-hydrogen) atoms. The number of para-hydroxylation sites is 1. The summed E-state index contributed by atoms with van der Waals surface area (Å²) in [5.74, 6) is 0. The van der Waals surface area contributed by atoms with Crippen LogP contribution >= 0.6 is 28.1 Å². The van der Waals surface area contributed by atoms with E-state index >= 15 is 0 Å². The smallest absolute Gasteiger partial charge is 0.173 e. The van der Waals surface area contributed by atoms with Crippen molar-refractivity contribution in [2.24, 2.45) is 0 Å². The number of nitrogens with one attached hydrogen (secondary N) is 1.